The van der Waals surface area contributed by atoms with Crippen LogP contribution in [0, 0.1) is 5.82 Å². The van der Waals surface area contributed by atoms with Crippen LogP contribution >= 0.6 is 8.60 Å². The fraction of sp³-hybridized carbons (Fsp3) is 0.217. The average Bonchev–Trinajstić information content (AvgIpc) is 3.14. The smallest absolute Gasteiger partial charge is 0.327 e. The molecule has 0 fully saturated rings. The molecule has 0 aliphatic heterocycles. The molecule has 33 heavy (non-hydrogen) atoms. The Kier molecular flexibility index (Phi) is 6.58. The molecule has 172 valence electrons. The first-order valence-electron chi connectivity index (χ1n) is 10.2. The lowest BCUT2D eigenvalue weighted by Gasteiger charge is -2.24. The molecule has 0 aliphatic carbocycles. The standard InChI is InChI=1S/C23H23FN3O5P/c1-23(2,32-33(29)30)10-11-31-16-8-9-17(19(24)12-16)18-13-27(15-6-4-3-5-7-15)21-20(18)22(28)26-14-25-21/h3-9,12-14,29-30H,10-11H2,1-2H3,(H,25,26,28). The van der Waals surface area contributed by atoms with Gasteiger partial charge in [-0.2, -0.15) is 0 Å². The summed E-state index contributed by atoms with van der Waals surface area (Å²) in [6, 6.07) is 13.8. The van der Waals surface area contributed by atoms with E-state index in [0.717, 1.165) is 5.69 Å². The highest BCUT2D eigenvalue weighted by Crippen LogP contribution is 2.35. The number of rotatable bonds is 8. The van der Waals surface area contributed by atoms with Gasteiger partial charge in [0.05, 0.1) is 23.9 Å². The van der Waals surface area contributed by atoms with E-state index < -0.39 is 20.0 Å². The Bertz CT molecular complexity index is 1320. The summed E-state index contributed by atoms with van der Waals surface area (Å²) < 4.78 is 27.6. The molecule has 0 saturated carbocycles. The Balaban J connectivity index is 1.64. The summed E-state index contributed by atoms with van der Waals surface area (Å²) in [7, 11) is -2.48. The number of aromatic nitrogens is 3. The monoisotopic (exact) mass is 471 g/mol. The van der Waals surface area contributed by atoms with Gasteiger partial charge in [-0.25, -0.2) is 9.37 Å². The molecule has 0 atom stereocenters. The SMILES string of the molecule is CC(C)(CCOc1ccc(-c2cn(-c3ccccc3)c3nc[nH]c(=O)c23)c(F)c1)OP(O)O. The zero-order valence-corrected chi connectivity index (χ0v) is 18.9. The Morgan fingerprint density at radius 1 is 1.15 bits per heavy atom. The van der Waals surface area contributed by atoms with Crippen LogP contribution in [0.3, 0.4) is 0 Å². The van der Waals surface area contributed by atoms with Crippen LogP contribution in [0.15, 0.2) is 65.8 Å². The van der Waals surface area contributed by atoms with E-state index >= 15 is 4.39 Å². The van der Waals surface area contributed by atoms with Crippen molar-refractivity contribution in [3.05, 3.63) is 77.2 Å². The van der Waals surface area contributed by atoms with Gasteiger partial charge in [-0.1, -0.05) is 18.2 Å². The van der Waals surface area contributed by atoms with Gasteiger partial charge in [-0.3, -0.25) is 4.79 Å². The number of halogens is 1. The van der Waals surface area contributed by atoms with Crippen molar-refractivity contribution in [3.63, 3.8) is 0 Å². The van der Waals surface area contributed by atoms with Crippen LogP contribution in [0.5, 0.6) is 5.75 Å². The van der Waals surface area contributed by atoms with Crippen molar-refractivity contribution in [3.8, 4) is 22.6 Å². The number of para-hydroxylation sites is 1. The molecule has 0 unspecified atom stereocenters. The van der Waals surface area contributed by atoms with Crippen LogP contribution in [0.1, 0.15) is 20.3 Å². The molecule has 0 aliphatic rings. The maximum Gasteiger partial charge on any atom is 0.327 e. The maximum atomic E-state index is 15.1. The van der Waals surface area contributed by atoms with E-state index in [1.54, 1.807) is 36.7 Å². The normalized spacial score (nSPS) is 11.9. The van der Waals surface area contributed by atoms with E-state index in [4.69, 9.17) is 19.0 Å². The molecule has 2 aromatic heterocycles. The third kappa shape index (κ3) is 5.12. The van der Waals surface area contributed by atoms with Crippen molar-refractivity contribution in [2.75, 3.05) is 6.61 Å². The molecular formula is C23H23FN3O5P. The highest BCUT2D eigenvalue weighted by atomic mass is 31.2. The molecule has 8 nitrogen and oxygen atoms in total. The molecule has 10 heteroatoms. The number of nitrogens with zero attached hydrogens (tertiary/aromatic N) is 2. The minimum atomic E-state index is -2.48. The van der Waals surface area contributed by atoms with E-state index in [1.807, 2.05) is 30.3 Å². The summed E-state index contributed by atoms with van der Waals surface area (Å²) in [5.41, 5.74) is 0.720. The molecule has 4 rings (SSSR count). The van der Waals surface area contributed by atoms with Gasteiger partial charge >= 0.3 is 8.60 Å². The second kappa shape index (κ2) is 9.41. The topological polar surface area (TPSA) is 110 Å². The minimum absolute atomic E-state index is 0.186. The molecule has 0 saturated heterocycles. The van der Waals surface area contributed by atoms with E-state index in [1.165, 1.54) is 12.4 Å². The van der Waals surface area contributed by atoms with Gasteiger partial charge in [0.2, 0.25) is 0 Å². The molecule has 4 aromatic rings. The van der Waals surface area contributed by atoms with Gasteiger partial charge in [-0.15, -0.1) is 0 Å². The van der Waals surface area contributed by atoms with Crippen LogP contribution < -0.4 is 10.3 Å². The Labute approximate surface area is 190 Å². The molecule has 0 radical (unpaired) electrons. The van der Waals surface area contributed by atoms with Crippen molar-refractivity contribution in [1.82, 2.24) is 14.5 Å². The number of benzene rings is 2. The summed E-state index contributed by atoms with van der Waals surface area (Å²) in [5.74, 6) is -0.242. The molecule has 3 N–H and O–H groups in total. The maximum absolute atomic E-state index is 15.1. The number of aromatic amines is 1. The van der Waals surface area contributed by atoms with Gasteiger partial charge in [0.25, 0.3) is 5.56 Å². The number of fused-ring (bicyclic) bond motifs is 1. The van der Waals surface area contributed by atoms with Crippen LogP contribution in [-0.4, -0.2) is 36.5 Å². The fourth-order valence-corrected chi connectivity index (χ4v) is 4.08. The summed E-state index contributed by atoms with van der Waals surface area (Å²) in [6.45, 7) is 3.59. The van der Waals surface area contributed by atoms with Gasteiger partial charge in [-0.05, 0) is 38.1 Å². The first-order valence-corrected chi connectivity index (χ1v) is 11.4. The second-order valence-electron chi connectivity index (χ2n) is 8.02. The zero-order chi connectivity index (χ0) is 23.6. The fourth-order valence-electron chi connectivity index (χ4n) is 3.55. The first-order chi connectivity index (χ1) is 15.7. The lowest BCUT2D eigenvalue weighted by Crippen LogP contribution is -2.25. The lowest BCUT2D eigenvalue weighted by atomic mass is 10.1. The summed E-state index contributed by atoms with van der Waals surface area (Å²) in [4.78, 5) is 37.5. The third-order valence-electron chi connectivity index (χ3n) is 5.16. The number of H-pyrrole nitrogens is 1. The Hall–Kier alpha value is -3.10. The first kappa shape index (κ1) is 23.1. The third-order valence-corrected chi connectivity index (χ3v) is 5.81. The van der Waals surface area contributed by atoms with E-state index in [0.29, 0.717) is 23.4 Å². The largest absolute Gasteiger partial charge is 0.493 e. The summed E-state index contributed by atoms with van der Waals surface area (Å²) in [6.07, 6.45) is 3.38. The van der Waals surface area contributed by atoms with Gasteiger partial charge in [0.1, 0.15) is 11.6 Å². The summed E-state index contributed by atoms with van der Waals surface area (Å²) in [5, 5.41) is 0.289. The van der Waals surface area contributed by atoms with Gasteiger partial charge in [0, 0.05) is 35.5 Å². The van der Waals surface area contributed by atoms with Crippen molar-refractivity contribution < 1.29 is 23.4 Å². The predicted molar refractivity (Wildman–Crippen MR) is 124 cm³/mol. The predicted octanol–water partition coefficient (Wildman–Crippen LogP) is 4.30. The highest BCUT2D eigenvalue weighted by Gasteiger charge is 2.23. The Morgan fingerprint density at radius 2 is 1.91 bits per heavy atom. The van der Waals surface area contributed by atoms with Crippen molar-refractivity contribution in [1.29, 1.82) is 0 Å². The number of nitrogens with one attached hydrogen (secondary N) is 1. The van der Waals surface area contributed by atoms with E-state index in [-0.39, 0.29) is 23.1 Å². The zero-order valence-electron chi connectivity index (χ0n) is 18.0. The second-order valence-corrected chi connectivity index (χ2v) is 8.71. The van der Waals surface area contributed by atoms with Gasteiger partial charge < -0.3 is 28.6 Å². The molecule has 0 spiro atoms. The van der Waals surface area contributed by atoms with E-state index in [2.05, 4.69) is 9.97 Å². The number of hydrogen-bond donors (Lipinski definition) is 3. The average molecular weight is 471 g/mol. The molecule has 0 bridgehead atoms. The van der Waals surface area contributed by atoms with Crippen LogP contribution in [-0.2, 0) is 4.52 Å². The van der Waals surface area contributed by atoms with Crippen LogP contribution in [0.2, 0.25) is 0 Å². The molecule has 2 heterocycles. The van der Waals surface area contributed by atoms with Crippen molar-refractivity contribution in [2.24, 2.45) is 0 Å². The van der Waals surface area contributed by atoms with Crippen molar-refractivity contribution >= 4 is 19.6 Å². The highest BCUT2D eigenvalue weighted by molar-refractivity contribution is 7.39. The molecule has 2 aromatic carbocycles. The van der Waals surface area contributed by atoms with Crippen LogP contribution in [0.25, 0.3) is 27.8 Å². The number of hydrogen-bond acceptors (Lipinski definition) is 6. The van der Waals surface area contributed by atoms with E-state index in [9.17, 15) is 4.79 Å². The van der Waals surface area contributed by atoms with Gasteiger partial charge in [0.15, 0.2) is 5.65 Å². The minimum Gasteiger partial charge on any atom is -0.493 e. The molecule has 0 amide bonds. The number of ether oxygens (including phenoxy) is 1. The lowest BCUT2D eigenvalue weighted by molar-refractivity contribution is 0.0667. The van der Waals surface area contributed by atoms with Crippen LogP contribution in [0.4, 0.5) is 4.39 Å². The summed E-state index contributed by atoms with van der Waals surface area (Å²) >= 11 is 0. The molecular weight excluding hydrogens is 448 g/mol. The Morgan fingerprint density at radius 3 is 2.61 bits per heavy atom. The van der Waals surface area contributed by atoms with Crippen molar-refractivity contribution in [2.45, 2.75) is 25.9 Å². The quantitative estimate of drug-likeness (QED) is 0.331.